The van der Waals surface area contributed by atoms with Gasteiger partial charge < -0.3 is 4.74 Å². The number of alkyl halides is 1. The lowest BCUT2D eigenvalue weighted by atomic mass is 10.3. The number of carbonyl (C=O) groups excluding carboxylic acids is 2. The minimum atomic E-state index is -4.60. The third kappa shape index (κ3) is 3.90. The maximum absolute atomic E-state index is 13.5. The van der Waals surface area contributed by atoms with Crippen LogP contribution in [0.5, 0.6) is 5.75 Å². The van der Waals surface area contributed by atoms with Gasteiger partial charge >= 0.3 is 11.7 Å². The first-order chi connectivity index (χ1) is 12.2. The van der Waals surface area contributed by atoms with Gasteiger partial charge in [-0.1, -0.05) is 13.3 Å². The number of hydrogen-bond acceptors (Lipinski definition) is 7. The number of nitro benzene ring substituents is 1. The van der Waals surface area contributed by atoms with Gasteiger partial charge in [-0.05, 0) is 18.6 Å². The first kappa shape index (κ1) is 19.6. The molecule has 1 N–H and O–H groups in total. The van der Waals surface area contributed by atoms with E-state index < -0.39 is 50.2 Å². The molecule has 1 aliphatic rings. The number of ether oxygens (including phenoxy) is 1. The van der Waals surface area contributed by atoms with Crippen molar-refractivity contribution in [2.45, 2.75) is 30.8 Å². The number of nitrogens with one attached hydrogen (secondary N) is 1. The van der Waals surface area contributed by atoms with E-state index in [9.17, 15) is 32.5 Å². The smallest absolute Gasteiger partial charge is 0.338 e. The summed E-state index contributed by atoms with van der Waals surface area (Å²) in [7, 11) is -4.60. The lowest BCUT2D eigenvalue weighted by Crippen LogP contribution is -2.57. The van der Waals surface area contributed by atoms with E-state index >= 15 is 0 Å². The van der Waals surface area contributed by atoms with Gasteiger partial charge in [0.15, 0.2) is 11.9 Å². The normalized spacial score (nSPS) is 17.8. The van der Waals surface area contributed by atoms with Crippen LogP contribution in [0.25, 0.3) is 0 Å². The van der Waals surface area contributed by atoms with Gasteiger partial charge in [0, 0.05) is 6.07 Å². The highest BCUT2D eigenvalue weighted by Gasteiger charge is 2.40. The van der Waals surface area contributed by atoms with Crippen molar-refractivity contribution in [1.82, 2.24) is 9.62 Å². The van der Waals surface area contributed by atoms with Crippen LogP contribution in [0.3, 0.4) is 0 Å². The molecule has 1 fully saturated rings. The number of halogens is 1. The van der Waals surface area contributed by atoms with Gasteiger partial charge in [0.2, 0.25) is 0 Å². The highest BCUT2D eigenvalue weighted by atomic mass is 32.2. The van der Waals surface area contributed by atoms with Crippen molar-refractivity contribution >= 4 is 27.6 Å². The summed E-state index contributed by atoms with van der Waals surface area (Å²) in [5, 5.41) is 12.8. The number of unbranched alkanes of at least 4 members (excludes halogenated alkanes) is 1. The monoisotopic (exact) mass is 389 g/mol. The Balaban J connectivity index is 2.37. The summed E-state index contributed by atoms with van der Waals surface area (Å²) >= 11 is 0. The number of nitro groups is 1. The first-order valence-corrected chi connectivity index (χ1v) is 9.05. The Labute approximate surface area is 148 Å². The molecular weight excluding hydrogens is 373 g/mol. The van der Waals surface area contributed by atoms with Crippen molar-refractivity contribution in [3.63, 3.8) is 0 Å². The summed E-state index contributed by atoms with van der Waals surface area (Å²) in [6, 6.07) is 1.52. The molecule has 1 aliphatic heterocycles. The number of imide groups is 1. The molecule has 26 heavy (non-hydrogen) atoms. The lowest BCUT2D eigenvalue weighted by molar-refractivity contribution is -0.386. The molecule has 1 aromatic carbocycles. The average molecular weight is 389 g/mol. The second kappa shape index (κ2) is 7.64. The summed E-state index contributed by atoms with van der Waals surface area (Å²) in [6.45, 7) is 1.11. The zero-order valence-electron chi connectivity index (χ0n) is 13.7. The van der Waals surface area contributed by atoms with Gasteiger partial charge in [0.25, 0.3) is 15.9 Å². The fourth-order valence-electron chi connectivity index (χ4n) is 2.14. The fourth-order valence-corrected chi connectivity index (χ4v) is 3.49. The van der Waals surface area contributed by atoms with Gasteiger partial charge in [-0.3, -0.25) is 20.2 Å². The van der Waals surface area contributed by atoms with Crippen molar-refractivity contribution in [3.05, 3.63) is 28.3 Å². The summed E-state index contributed by atoms with van der Waals surface area (Å²) in [6.07, 6.45) is -0.779. The summed E-state index contributed by atoms with van der Waals surface area (Å²) < 4.78 is 43.9. The Hall–Kier alpha value is -2.76. The molecule has 1 saturated heterocycles. The predicted octanol–water partition coefficient (Wildman–Crippen LogP) is 1.35. The van der Waals surface area contributed by atoms with Crippen LogP contribution in [0, 0.1) is 10.1 Å². The molecule has 0 saturated carbocycles. The third-order valence-electron chi connectivity index (χ3n) is 3.54. The Morgan fingerprint density at radius 3 is 2.73 bits per heavy atom. The van der Waals surface area contributed by atoms with Crippen LogP contribution < -0.4 is 10.1 Å². The second-order valence-electron chi connectivity index (χ2n) is 5.39. The molecule has 1 atom stereocenters. The molecule has 10 nitrogen and oxygen atoms in total. The van der Waals surface area contributed by atoms with Gasteiger partial charge in [-0.2, -0.15) is 0 Å². The average Bonchev–Trinajstić information content (AvgIpc) is 2.58. The second-order valence-corrected chi connectivity index (χ2v) is 7.25. The number of nitrogens with zero attached hydrogens (tertiary/aromatic N) is 2. The number of rotatable bonds is 7. The van der Waals surface area contributed by atoms with E-state index in [-0.39, 0.29) is 16.7 Å². The van der Waals surface area contributed by atoms with Crippen LogP contribution in [0.2, 0.25) is 0 Å². The van der Waals surface area contributed by atoms with Gasteiger partial charge in [0.05, 0.1) is 23.0 Å². The molecule has 0 bridgehead atoms. The molecule has 2 rings (SSSR count). The molecule has 0 spiro atoms. The molecule has 3 amide bonds. The maximum Gasteiger partial charge on any atom is 0.338 e. The van der Waals surface area contributed by atoms with Crippen molar-refractivity contribution in [1.29, 1.82) is 0 Å². The zero-order chi connectivity index (χ0) is 19.5. The first-order valence-electron chi connectivity index (χ1n) is 7.61. The summed E-state index contributed by atoms with van der Waals surface area (Å²) in [5.74, 6) is -1.36. The van der Waals surface area contributed by atoms with Crippen LogP contribution in [-0.2, 0) is 14.8 Å². The van der Waals surface area contributed by atoms with E-state index in [2.05, 4.69) is 0 Å². The van der Waals surface area contributed by atoms with Crippen molar-refractivity contribution in [3.8, 4) is 5.75 Å². The largest absolute Gasteiger partial charge is 0.487 e. The Kier molecular flexibility index (Phi) is 5.75. The molecule has 1 heterocycles. The van der Waals surface area contributed by atoms with Gasteiger partial charge in [-0.25, -0.2) is 21.9 Å². The van der Waals surface area contributed by atoms with Gasteiger partial charge in [-0.15, -0.1) is 0 Å². The van der Waals surface area contributed by atoms with E-state index in [1.807, 2.05) is 6.92 Å². The standard InChI is InChI=1S/C14H16FN3O7S/c1-2-3-6-25-12-5-4-9(7-11(12)18(21)22)26(23,24)17-8-10(15)13(19)16-14(17)20/h4-5,7,10H,2-3,6,8H2,1H3,(H,16,19,20). The molecular formula is C14H16FN3O7S. The number of carbonyl (C=O) groups is 2. The number of benzene rings is 1. The molecule has 0 aliphatic carbocycles. The highest BCUT2D eigenvalue weighted by Crippen LogP contribution is 2.31. The van der Waals surface area contributed by atoms with E-state index in [4.69, 9.17) is 4.74 Å². The third-order valence-corrected chi connectivity index (χ3v) is 5.28. The Morgan fingerprint density at radius 1 is 1.42 bits per heavy atom. The lowest BCUT2D eigenvalue weighted by Gasteiger charge is -2.27. The zero-order valence-corrected chi connectivity index (χ0v) is 14.5. The van der Waals surface area contributed by atoms with E-state index in [0.29, 0.717) is 6.42 Å². The van der Waals surface area contributed by atoms with E-state index in [1.165, 1.54) is 0 Å². The van der Waals surface area contributed by atoms with Crippen molar-refractivity contribution in [2.24, 2.45) is 0 Å². The van der Waals surface area contributed by atoms with Crippen LogP contribution in [0.15, 0.2) is 23.1 Å². The quantitative estimate of drug-likeness (QED) is 0.422. The molecule has 12 heteroatoms. The molecule has 142 valence electrons. The van der Waals surface area contributed by atoms with Gasteiger partial charge in [0.1, 0.15) is 0 Å². The van der Waals surface area contributed by atoms with Crippen molar-refractivity contribution < 1.29 is 32.1 Å². The van der Waals surface area contributed by atoms with E-state index in [0.717, 1.165) is 24.6 Å². The van der Waals surface area contributed by atoms with Crippen LogP contribution >= 0.6 is 0 Å². The molecule has 1 aromatic rings. The summed E-state index contributed by atoms with van der Waals surface area (Å²) in [5.41, 5.74) is -0.604. The summed E-state index contributed by atoms with van der Waals surface area (Å²) in [4.78, 5) is 32.6. The Bertz CT molecular complexity index is 843. The minimum absolute atomic E-state index is 0.121. The van der Waals surface area contributed by atoms with E-state index in [1.54, 1.807) is 5.32 Å². The topological polar surface area (TPSA) is 136 Å². The molecule has 0 radical (unpaired) electrons. The number of hydrogen-bond donors (Lipinski definition) is 1. The Morgan fingerprint density at radius 2 is 2.12 bits per heavy atom. The van der Waals surface area contributed by atoms with Crippen molar-refractivity contribution in [2.75, 3.05) is 13.2 Å². The highest BCUT2D eigenvalue weighted by molar-refractivity contribution is 7.89. The van der Waals surface area contributed by atoms with Crippen LogP contribution in [-0.4, -0.2) is 48.9 Å². The number of urea groups is 1. The molecule has 0 aromatic heterocycles. The maximum atomic E-state index is 13.5. The van der Waals surface area contributed by atoms with Crippen LogP contribution in [0.4, 0.5) is 14.9 Å². The number of sulfonamides is 1. The minimum Gasteiger partial charge on any atom is -0.487 e. The predicted molar refractivity (Wildman–Crippen MR) is 85.8 cm³/mol. The molecule has 1 unspecified atom stereocenters. The fraction of sp³-hybridized carbons (Fsp3) is 0.429. The SMILES string of the molecule is CCCCOc1ccc(S(=O)(=O)N2CC(F)C(=O)NC2=O)cc1[N+](=O)[O-]. The number of amides is 3. The van der Waals surface area contributed by atoms with Crippen LogP contribution in [0.1, 0.15) is 19.8 Å².